The van der Waals surface area contributed by atoms with Gasteiger partial charge >= 0.3 is 0 Å². The topological polar surface area (TPSA) is 50.7 Å². The SMILES string of the molecule is C=CCOc1cc(Cl)c(CNCCO)cc1OC. The number of hydrogen-bond donors (Lipinski definition) is 2. The van der Waals surface area contributed by atoms with Crippen molar-refractivity contribution in [2.45, 2.75) is 6.54 Å². The van der Waals surface area contributed by atoms with Crippen molar-refractivity contribution < 1.29 is 14.6 Å². The maximum absolute atomic E-state index is 8.71. The molecule has 1 aromatic carbocycles. The molecule has 100 valence electrons. The molecule has 0 spiro atoms. The first-order chi connectivity index (χ1) is 8.72. The third-order valence-corrected chi connectivity index (χ3v) is 2.65. The number of rotatable bonds is 8. The number of ether oxygens (including phenoxy) is 2. The molecule has 0 saturated heterocycles. The van der Waals surface area contributed by atoms with Crippen LogP contribution in [0, 0.1) is 0 Å². The van der Waals surface area contributed by atoms with Crippen molar-refractivity contribution >= 4 is 11.6 Å². The molecule has 2 N–H and O–H groups in total. The van der Waals surface area contributed by atoms with Gasteiger partial charge in [0.1, 0.15) is 6.61 Å². The van der Waals surface area contributed by atoms with Crippen LogP contribution in [0.2, 0.25) is 5.02 Å². The van der Waals surface area contributed by atoms with Gasteiger partial charge in [-0.15, -0.1) is 0 Å². The Morgan fingerprint density at radius 2 is 2.22 bits per heavy atom. The maximum Gasteiger partial charge on any atom is 0.163 e. The van der Waals surface area contributed by atoms with E-state index in [4.69, 9.17) is 26.2 Å². The predicted octanol–water partition coefficient (Wildman–Crippen LogP) is 2.00. The monoisotopic (exact) mass is 271 g/mol. The van der Waals surface area contributed by atoms with Crippen molar-refractivity contribution in [1.82, 2.24) is 5.32 Å². The van der Waals surface area contributed by atoms with Crippen molar-refractivity contribution in [3.63, 3.8) is 0 Å². The largest absolute Gasteiger partial charge is 0.493 e. The Kier molecular flexibility index (Phi) is 6.57. The van der Waals surface area contributed by atoms with Crippen LogP contribution >= 0.6 is 11.6 Å². The highest BCUT2D eigenvalue weighted by Gasteiger charge is 2.10. The van der Waals surface area contributed by atoms with Crippen molar-refractivity contribution in [3.8, 4) is 11.5 Å². The Morgan fingerprint density at radius 3 is 2.83 bits per heavy atom. The zero-order valence-corrected chi connectivity index (χ0v) is 11.2. The van der Waals surface area contributed by atoms with Crippen LogP contribution in [0.3, 0.4) is 0 Å². The van der Waals surface area contributed by atoms with Crippen LogP contribution in [0.5, 0.6) is 11.5 Å². The van der Waals surface area contributed by atoms with Gasteiger partial charge in [-0.1, -0.05) is 24.3 Å². The molecule has 0 aliphatic carbocycles. The zero-order valence-electron chi connectivity index (χ0n) is 10.4. The van der Waals surface area contributed by atoms with Gasteiger partial charge in [0.05, 0.1) is 13.7 Å². The molecule has 0 aromatic heterocycles. The summed E-state index contributed by atoms with van der Waals surface area (Å²) in [6, 6.07) is 3.55. The second-order valence-corrected chi connectivity index (χ2v) is 4.00. The van der Waals surface area contributed by atoms with Crippen molar-refractivity contribution in [2.75, 3.05) is 26.9 Å². The number of aliphatic hydroxyl groups excluding tert-OH is 1. The average molecular weight is 272 g/mol. The molecule has 0 heterocycles. The number of nitrogens with one attached hydrogen (secondary N) is 1. The van der Waals surface area contributed by atoms with Gasteiger partial charge in [0.2, 0.25) is 0 Å². The molecule has 0 atom stereocenters. The van der Waals surface area contributed by atoms with E-state index in [0.29, 0.717) is 36.2 Å². The summed E-state index contributed by atoms with van der Waals surface area (Å²) in [6.45, 7) is 5.17. The Bertz CT molecular complexity index is 396. The Balaban J connectivity index is 2.84. The van der Waals surface area contributed by atoms with Crippen molar-refractivity contribution in [3.05, 3.63) is 35.4 Å². The van der Waals surface area contributed by atoms with Crippen LogP contribution in [-0.2, 0) is 6.54 Å². The fourth-order valence-corrected chi connectivity index (χ4v) is 1.66. The molecule has 0 aliphatic rings. The van der Waals surface area contributed by atoms with Crippen LogP contribution in [0.1, 0.15) is 5.56 Å². The minimum Gasteiger partial charge on any atom is -0.493 e. The lowest BCUT2D eigenvalue weighted by Crippen LogP contribution is -2.17. The van der Waals surface area contributed by atoms with Gasteiger partial charge in [-0.2, -0.15) is 0 Å². The summed E-state index contributed by atoms with van der Waals surface area (Å²) in [5.41, 5.74) is 0.896. The van der Waals surface area contributed by atoms with E-state index < -0.39 is 0 Å². The fraction of sp³-hybridized carbons (Fsp3) is 0.385. The molecular formula is C13H18ClNO3. The fourth-order valence-electron chi connectivity index (χ4n) is 1.44. The number of aliphatic hydroxyl groups is 1. The van der Waals surface area contributed by atoms with Gasteiger partial charge in [0.15, 0.2) is 11.5 Å². The number of hydrogen-bond acceptors (Lipinski definition) is 4. The molecule has 18 heavy (non-hydrogen) atoms. The molecule has 0 bridgehead atoms. The molecule has 0 unspecified atom stereocenters. The zero-order chi connectivity index (χ0) is 13.4. The molecule has 0 saturated carbocycles. The first kappa shape index (κ1) is 14.8. The molecule has 5 heteroatoms. The first-order valence-corrected chi connectivity index (χ1v) is 6.02. The molecule has 0 radical (unpaired) electrons. The van der Waals surface area contributed by atoms with Crippen molar-refractivity contribution in [2.24, 2.45) is 0 Å². The predicted molar refractivity (Wildman–Crippen MR) is 72.5 cm³/mol. The van der Waals surface area contributed by atoms with Gasteiger partial charge < -0.3 is 19.9 Å². The summed E-state index contributed by atoms with van der Waals surface area (Å²) in [4.78, 5) is 0. The summed E-state index contributed by atoms with van der Waals surface area (Å²) in [5, 5.41) is 12.4. The van der Waals surface area contributed by atoms with E-state index in [1.807, 2.05) is 6.07 Å². The third kappa shape index (κ3) is 4.22. The lowest BCUT2D eigenvalue weighted by molar-refractivity contribution is 0.292. The lowest BCUT2D eigenvalue weighted by Gasteiger charge is -2.13. The van der Waals surface area contributed by atoms with Crippen LogP contribution in [0.25, 0.3) is 0 Å². The summed E-state index contributed by atoms with van der Waals surface area (Å²) >= 11 is 6.15. The molecular weight excluding hydrogens is 254 g/mol. The number of benzene rings is 1. The first-order valence-electron chi connectivity index (χ1n) is 5.64. The van der Waals surface area contributed by atoms with E-state index in [1.54, 1.807) is 19.3 Å². The maximum atomic E-state index is 8.71. The quantitative estimate of drug-likeness (QED) is 0.561. The Labute approximate surface area is 112 Å². The third-order valence-electron chi connectivity index (χ3n) is 2.29. The van der Waals surface area contributed by atoms with E-state index in [1.165, 1.54) is 0 Å². The lowest BCUT2D eigenvalue weighted by atomic mass is 10.2. The van der Waals surface area contributed by atoms with Gasteiger partial charge in [-0.25, -0.2) is 0 Å². The summed E-state index contributed by atoms with van der Waals surface area (Å²) in [5.74, 6) is 1.22. The normalized spacial score (nSPS) is 10.2. The molecule has 0 amide bonds. The van der Waals surface area contributed by atoms with Gasteiger partial charge in [-0.05, 0) is 11.6 Å². The molecule has 4 nitrogen and oxygen atoms in total. The van der Waals surface area contributed by atoms with Crippen LogP contribution in [-0.4, -0.2) is 32.0 Å². The van der Waals surface area contributed by atoms with Crippen LogP contribution in [0.4, 0.5) is 0 Å². The summed E-state index contributed by atoms with van der Waals surface area (Å²) in [7, 11) is 1.58. The molecule has 0 aliphatic heterocycles. The summed E-state index contributed by atoms with van der Waals surface area (Å²) < 4.78 is 10.7. The number of methoxy groups -OCH3 is 1. The summed E-state index contributed by atoms with van der Waals surface area (Å²) in [6.07, 6.45) is 1.66. The molecule has 1 rings (SSSR count). The van der Waals surface area contributed by atoms with E-state index in [9.17, 15) is 0 Å². The minimum atomic E-state index is 0.0925. The van der Waals surface area contributed by atoms with Gasteiger partial charge in [0, 0.05) is 24.2 Å². The van der Waals surface area contributed by atoms with E-state index in [0.717, 1.165) is 5.56 Å². The smallest absolute Gasteiger partial charge is 0.163 e. The highest BCUT2D eigenvalue weighted by molar-refractivity contribution is 6.31. The van der Waals surface area contributed by atoms with E-state index in [2.05, 4.69) is 11.9 Å². The van der Waals surface area contributed by atoms with Crippen molar-refractivity contribution in [1.29, 1.82) is 0 Å². The highest BCUT2D eigenvalue weighted by Crippen LogP contribution is 2.33. The van der Waals surface area contributed by atoms with Gasteiger partial charge in [-0.3, -0.25) is 0 Å². The van der Waals surface area contributed by atoms with Crippen LogP contribution in [0.15, 0.2) is 24.8 Å². The Morgan fingerprint density at radius 1 is 1.44 bits per heavy atom. The van der Waals surface area contributed by atoms with Gasteiger partial charge in [0.25, 0.3) is 0 Å². The number of halogens is 1. The minimum absolute atomic E-state index is 0.0925. The highest BCUT2D eigenvalue weighted by atomic mass is 35.5. The second-order valence-electron chi connectivity index (χ2n) is 3.59. The second kappa shape index (κ2) is 7.97. The van der Waals surface area contributed by atoms with Crippen LogP contribution < -0.4 is 14.8 Å². The average Bonchev–Trinajstić information content (AvgIpc) is 2.38. The Hall–Kier alpha value is -1.23. The molecule has 0 fully saturated rings. The molecule has 1 aromatic rings. The van der Waals surface area contributed by atoms with E-state index in [-0.39, 0.29) is 6.61 Å². The van der Waals surface area contributed by atoms with E-state index >= 15 is 0 Å². The standard InChI is InChI=1S/C13H18ClNO3/c1-3-6-18-13-8-11(14)10(7-12(13)17-2)9-15-4-5-16/h3,7-8,15-16H,1,4-6,9H2,2H3.